The Morgan fingerprint density at radius 1 is 1.35 bits per heavy atom. The van der Waals surface area contributed by atoms with Crippen molar-refractivity contribution < 1.29 is 0 Å². The summed E-state index contributed by atoms with van der Waals surface area (Å²) < 4.78 is 0. The van der Waals surface area contributed by atoms with E-state index in [0.717, 1.165) is 36.2 Å². The van der Waals surface area contributed by atoms with Gasteiger partial charge < -0.3 is 15.2 Å². The van der Waals surface area contributed by atoms with Crippen LogP contribution in [0.1, 0.15) is 21.8 Å². The predicted octanol–water partition coefficient (Wildman–Crippen LogP) is 4.11. The Morgan fingerprint density at radius 2 is 2.15 bits per heavy atom. The van der Waals surface area contributed by atoms with Crippen LogP contribution in [0.15, 0.2) is 34.8 Å². The Balaban J connectivity index is 0.00000243. The van der Waals surface area contributed by atoms with Gasteiger partial charge in [0.05, 0.1) is 17.2 Å². The first-order valence-corrected chi connectivity index (χ1v) is 9.35. The van der Waals surface area contributed by atoms with Crippen LogP contribution in [0.4, 0.5) is 0 Å². The van der Waals surface area contributed by atoms with Crippen molar-refractivity contribution in [3.8, 4) is 0 Å². The number of fused-ring (bicyclic) bond motifs is 1. The summed E-state index contributed by atoms with van der Waals surface area (Å²) in [6, 6.07) is 6.38. The van der Waals surface area contributed by atoms with Gasteiger partial charge in [0.2, 0.25) is 0 Å². The molecule has 0 aliphatic rings. The lowest BCUT2D eigenvalue weighted by atomic mass is 10.1. The third-order valence-corrected chi connectivity index (χ3v) is 5.13. The number of hydrogen-bond donors (Lipinski definition) is 2. The van der Waals surface area contributed by atoms with E-state index in [1.807, 2.05) is 21.0 Å². The molecule has 2 N–H and O–H groups in total. The van der Waals surface area contributed by atoms with E-state index >= 15 is 0 Å². The molecular formula is C19H26IN5S. The van der Waals surface area contributed by atoms with Crippen LogP contribution < -0.4 is 5.32 Å². The molecular weight excluding hydrogens is 457 g/mol. The zero-order chi connectivity index (χ0) is 17.8. The molecule has 0 radical (unpaired) electrons. The smallest absolute Gasteiger partial charge is 0.193 e. The highest BCUT2D eigenvalue weighted by molar-refractivity contribution is 14.0. The second kappa shape index (κ2) is 9.36. The summed E-state index contributed by atoms with van der Waals surface area (Å²) >= 11 is 1.68. The van der Waals surface area contributed by atoms with E-state index in [-0.39, 0.29) is 24.0 Å². The maximum absolute atomic E-state index is 4.52. The van der Waals surface area contributed by atoms with Crippen LogP contribution in [0.5, 0.6) is 0 Å². The van der Waals surface area contributed by atoms with Gasteiger partial charge in [-0.15, -0.1) is 35.3 Å². The number of rotatable bonds is 5. The molecule has 5 nitrogen and oxygen atoms in total. The highest BCUT2D eigenvalue weighted by Crippen LogP contribution is 2.22. The van der Waals surface area contributed by atoms with Crippen molar-refractivity contribution >= 4 is 52.2 Å². The van der Waals surface area contributed by atoms with E-state index in [0.29, 0.717) is 0 Å². The van der Waals surface area contributed by atoms with E-state index in [1.165, 1.54) is 22.0 Å². The normalized spacial score (nSPS) is 11.5. The molecule has 1 aromatic carbocycles. The molecule has 0 fully saturated rings. The number of nitrogens with one attached hydrogen (secondary N) is 2. The number of benzene rings is 1. The van der Waals surface area contributed by atoms with Crippen molar-refractivity contribution in [2.24, 2.45) is 4.99 Å². The number of nitrogens with zero attached hydrogens (tertiary/aromatic N) is 3. The Labute approximate surface area is 176 Å². The van der Waals surface area contributed by atoms with Gasteiger partial charge in [-0.3, -0.25) is 4.99 Å². The Hall–Kier alpha value is -1.61. The second-order valence-corrected chi connectivity index (χ2v) is 7.31. The molecule has 0 aliphatic heterocycles. The van der Waals surface area contributed by atoms with Crippen LogP contribution in [0.3, 0.4) is 0 Å². The highest BCUT2D eigenvalue weighted by Gasteiger charge is 2.10. The molecule has 0 atom stereocenters. The molecule has 0 unspecified atom stereocenters. The molecule has 3 rings (SSSR count). The lowest BCUT2D eigenvalue weighted by Crippen LogP contribution is -2.39. The summed E-state index contributed by atoms with van der Waals surface area (Å²) in [5.41, 5.74) is 4.94. The average molecular weight is 483 g/mol. The number of aryl methyl sites for hydroxylation is 2. The van der Waals surface area contributed by atoms with Crippen LogP contribution >= 0.6 is 35.3 Å². The van der Waals surface area contributed by atoms with E-state index in [2.05, 4.69) is 61.9 Å². The first-order valence-electron chi connectivity index (χ1n) is 8.47. The molecule has 0 saturated carbocycles. The van der Waals surface area contributed by atoms with Gasteiger partial charge in [-0.25, -0.2) is 4.98 Å². The summed E-state index contributed by atoms with van der Waals surface area (Å²) in [6.07, 6.45) is 3.07. The van der Waals surface area contributed by atoms with Gasteiger partial charge in [0.25, 0.3) is 0 Å². The molecule has 2 heterocycles. The number of H-pyrrole nitrogens is 1. The minimum Gasteiger partial charge on any atom is -0.361 e. The minimum atomic E-state index is 0. The van der Waals surface area contributed by atoms with Gasteiger partial charge >= 0.3 is 0 Å². The number of hydrogen-bond acceptors (Lipinski definition) is 3. The van der Waals surface area contributed by atoms with Crippen LogP contribution in [0.25, 0.3) is 10.9 Å². The predicted molar refractivity (Wildman–Crippen MR) is 122 cm³/mol. The molecule has 0 amide bonds. The highest BCUT2D eigenvalue weighted by atomic mass is 127. The fraction of sp³-hybridized carbons (Fsp3) is 0.368. The van der Waals surface area contributed by atoms with Crippen LogP contribution in [0.2, 0.25) is 0 Å². The van der Waals surface area contributed by atoms with Gasteiger partial charge in [-0.05, 0) is 37.5 Å². The van der Waals surface area contributed by atoms with Crippen LogP contribution in [0, 0.1) is 13.8 Å². The van der Waals surface area contributed by atoms with Crippen LogP contribution in [-0.4, -0.2) is 41.5 Å². The summed E-state index contributed by atoms with van der Waals surface area (Å²) in [4.78, 5) is 14.4. The zero-order valence-corrected chi connectivity index (χ0v) is 18.8. The van der Waals surface area contributed by atoms with Gasteiger partial charge in [0, 0.05) is 43.1 Å². The summed E-state index contributed by atoms with van der Waals surface area (Å²) in [7, 11) is 3.86. The van der Waals surface area contributed by atoms with Crippen LogP contribution in [-0.2, 0) is 13.0 Å². The minimum absolute atomic E-state index is 0. The Morgan fingerprint density at radius 3 is 2.85 bits per heavy atom. The number of thiazole rings is 1. The molecule has 0 aliphatic carbocycles. The molecule has 0 saturated heterocycles. The SMILES string of the molecule is CN=C(NCCc1c[nH]c2cccc(C)c12)N(C)Cc1csc(C)n1.I. The summed E-state index contributed by atoms with van der Waals surface area (Å²) in [6.45, 7) is 5.80. The van der Waals surface area contributed by atoms with Gasteiger partial charge in [0.15, 0.2) is 5.96 Å². The van der Waals surface area contributed by atoms with Gasteiger partial charge in [-0.2, -0.15) is 0 Å². The first-order chi connectivity index (χ1) is 12.1. The van der Waals surface area contributed by atoms with Crippen molar-refractivity contribution in [3.05, 3.63) is 51.6 Å². The fourth-order valence-corrected chi connectivity index (χ4v) is 3.74. The standard InChI is InChI=1S/C19H25N5S.HI/c1-13-6-5-7-17-18(13)15(10-22-17)8-9-21-19(20-3)24(4)11-16-12-25-14(2)23-16;/h5-7,10,12,22H,8-9,11H2,1-4H3,(H,20,21);1H. The Kier molecular flexibility index (Phi) is 7.45. The molecule has 7 heteroatoms. The third kappa shape index (κ3) is 4.76. The van der Waals surface area contributed by atoms with Gasteiger partial charge in [0.1, 0.15) is 0 Å². The molecule has 26 heavy (non-hydrogen) atoms. The summed E-state index contributed by atoms with van der Waals surface area (Å²) in [5, 5.41) is 8.00. The molecule has 3 aromatic rings. The molecule has 0 spiro atoms. The first kappa shape index (κ1) is 20.7. The Bertz CT molecular complexity index is 883. The molecule has 0 bridgehead atoms. The largest absolute Gasteiger partial charge is 0.361 e. The summed E-state index contributed by atoms with van der Waals surface area (Å²) in [5.74, 6) is 0.891. The lowest BCUT2D eigenvalue weighted by Gasteiger charge is -2.21. The van der Waals surface area contributed by atoms with Crippen molar-refractivity contribution in [1.82, 2.24) is 20.2 Å². The number of aromatic nitrogens is 2. The van der Waals surface area contributed by atoms with Crippen molar-refractivity contribution in [1.29, 1.82) is 0 Å². The maximum atomic E-state index is 4.52. The average Bonchev–Trinajstić information content (AvgIpc) is 3.18. The van der Waals surface area contributed by atoms with Gasteiger partial charge in [-0.1, -0.05) is 12.1 Å². The monoisotopic (exact) mass is 483 g/mol. The van der Waals surface area contributed by atoms with E-state index < -0.39 is 0 Å². The topological polar surface area (TPSA) is 56.3 Å². The number of aliphatic imine (C=N–C) groups is 1. The maximum Gasteiger partial charge on any atom is 0.193 e. The van der Waals surface area contributed by atoms with E-state index in [4.69, 9.17) is 0 Å². The van der Waals surface area contributed by atoms with Crippen molar-refractivity contribution in [2.75, 3.05) is 20.6 Å². The third-order valence-electron chi connectivity index (χ3n) is 4.31. The van der Waals surface area contributed by atoms with Crippen molar-refractivity contribution in [3.63, 3.8) is 0 Å². The number of guanidine groups is 1. The van der Waals surface area contributed by atoms with E-state index in [1.54, 1.807) is 11.3 Å². The number of aromatic amines is 1. The quantitative estimate of drug-likeness (QED) is 0.326. The van der Waals surface area contributed by atoms with Crippen molar-refractivity contribution in [2.45, 2.75) is 26.8 Å². The van der Waals surface area contributed by atoms with E-state index in [9.17, 15) is 0 Å². The zero-order valence-electron chi connectivity index (χ0n) is 15.7. The second-order valence-electron chi connectivity index (χ2n) is 6.25. The number of halogens is 1. The molecule has 140 valence electrons. The fourth-order valence-electron chi connectivity index (χ4n) is 3.14. The molecule has 2 aromatic heterocycles. The lowest BCUT2D eigenvalue weighted by molar-refractivity contribution is 0.471.